The number of nitrogens with one attached hydrogen (secondary N) is 1. The first-order chi connectivity index (χ1) is 7.55. The molecule has 0 saturated heterocycles. The molecule has 1 rings (SSSR count). The predicted molar refractivity (Wildman–Crippen MR) is 76.8 cm³/mol. The van der Waals surface area contributed by atoms with Crippen LogP contribution in [-0.4, -0.2) is 14.6 Å². The number of benzene rings is 1. The standard InChI is InChI=1S/C14H23NSi/c1-5-16(3,4)12-8-11-15-14-10-7-6-9-13(14)2/h5-7,9-10,15H,1,8,11-12H2,2-4H3. The van der Waals surface area contributed by atoms with E-state index in [9.17, 15) is 0 Å². The third-order valence-corrected chi connectivity index (χ3v) is 5.76. The first kappa shape index (κ1) is 13.0. The Morgan fingerprint density at radius 1 is 1.31 bits per heavy atom. The lowest BCUT2D eigenvalue weighted by atomic mass is 10.2. The summed E-state index contributed by atoms with van der Waals surface area (Å²) in [5.41, 5.74) is 4.77. The second-order valence-corrected chi connectivity index (χ2v) is 9.92. The molecule has 1 nitrogen and oxygen atoms in total. The maximum atomic E-state index is 3.92. The molecule has 0 aromatic heterocycles. The SMILES string of the molecule is C=C[Si](C)(C)CCCNc1ccccc1C. The van der Waals surface area contributed by atoms with Gasteiger partial charge in [0.05, 0.1) is 8.07 Å². The van der Waals surface area contributed by atoms with E-state index in [1.165, 1.54) is 23.7 Å². The minimum atomic E-state index is -1.11. The Kier molecular flexibility index (Phi) is 4.81. The fourth-order valence-electron chi connectivity index (χ4n) is 1.64. The van der Waals surface area contributed by atoms with Gasteiger partial charge in [-0.25, -0.2) is 0 Å². The van der Waals surface area contributed by atoms with Gasteiger partial charge in [-0.1, -0.05) is 37.3 Å². The number of hydrogen-bond acceptors (Lipinski definition) is 1. The van der Waals surface area contributed by atoms with Gasteiger partial charge in [-0.15, -0.1) is 12.3 Å². The second kappa shape index (κ2) is 5.90. The third-order valence-electron chi connectivity index (χ3n) is 3.01. The number of rotatable bonds is 6. The summed E-state index contributed by atoms with van der Waals surface area (Å²) in [5.74, 6) is 0. The normalized spacial score (nSPS) is 11.2. The van der Waals surface area contributed by atoms with E-state index in [-0.39, 0.29) is 0 Å². The van der Waals surface area contributed by atoms with Crippen LogP contribution in [-0.2, 0) is 0 Å². The Labute approximate surface area is 101 Å². The summed E-state index contributed by atoms with van der Waals surface area (Å²) in [7, 11) is -1.11. The van der Waals surface area contributed by atoms with Gasteiger partial charge < -0.3 is 5.32 Å². The molecule has 0 bridgehead atoms. The smallest absolute Gasteiger partial charge is 0.0710 e. The van der Waals surface area contributed by atoms with Gasteiger partial charge in [0.15, 0.2) is 0 Å². The molecule has 0 amide bonds. The van der Waals surface area contributed by atoms with Crippen molar-refractivity contribution in [2.45, 2.75) is 32.5 Å². The van der Waals surface area contributed by atoms with Gasteiger partial charge in [-0.2, -0.15) is 0 Å². The molecule has 16 heavy (non-hydrogen) atoms. The van der Waals surface area contributed by atoms with Crippen LogP contribution in [0.15, 0.2) is 36.5 Å². The average Bonchev–Trinajstić information content (AvgIpc) is 2.27. The van der Waals surface area contributed by atoms with Crippen molar-refractivity contribution in [2.75, 3.05) is 11.9 Å². The van der Waals surface area contributed by atoms with Gasteiger partial charge in [0.25, 0.3) is 0 Å². The Balaban J connectivity index is 2.32. The first-order valence-electron chi connectivity index (χ1n) is 5.98. The van der Waals surface area contributed by atoms with Gasteiger partial charge in [0, 0.05) is 12.2 Å². The lowest BCUT2D eigenvalue weighted by Crippen LogP contribution is -2.22. The monoisotopic (exact) mass is 233 g/mol. The molecule has 0 unspecified atom stereocenters. The number of para-hydroxylation sites is 1. The summed E-state index contributed by atoms with van der Waals surface area (Å²) in [6, 6.07) is 9.76. The van der Waals surface area contributed by atoms with Crippen LogP contribution in [0, 0.1) is 6.92 Å². The number of hydrogen-bond donors (Lipinski definition) is 1. The summed E-state index contributed by atoms with van der Waals surface area (Å²) < 4.78 is 0. The van der Waals surface area contributed by atoms with Gasteiger partial charge in [-0.05, 0) is 25.0 Å². The number of anilines is 1. The summed E-state index contributed by atoms with van der Waals surface area (Å²) >= 11 is 0. The predicted octanol–water partition coefficient (Wildman–Crippen LogP) is 4.23. The van der Waals surface area contributed by atoms with Crippen LogP contribution in [0.4, 0.5) is 5.69 Å². The van der Waals surface area contributed by atoms with Crippen molar-refractivity contribution in [2.24, 2.45) is 0 Å². The third kappa shape index (κ3) is 4.23. The molecule has 0 aliphatic heterocycles. The maximum Gasteiger partial charge on any atom is 0.0710 e. The van der Waals surface area contributed by atoms with Crippen LogP contribution >= 0.6 is 0 Å². The average molecular weight is 233 g/mol. The van der Waals surface area contributed by atoms with Crippen molar-refractivity contribution in [3.05, 3.63) is 42.1 Å². The van der Waals surface area contributed by atoms with E-state index < -0.39 is 8.07 Å². The molecule has 0 atom stereocenters. The molecular weight excluding hydrogens is 210 g/mol. The van der Waals surface area contributed by atoms with Crippen LogP contribution in [0.3, 0.4) is 0 Å². The quantitative estimate of drug-likeness (QED) is 0.573. The molecule has 0 fully saturated rings. The topological polar surface area (TPSA) is 12.0 Å². The van der Waals surface area contributed by atoms with Gasteiger partial charge in [0.1, 0.15) is 0 Å². The van der Waals surface area contributed by atoms with E-state index in [4.69, 9.17) is 0 Å². The summed E-state index contributed by atoms with van der Waals surface area (Å²) in [5, 5.41) is 3.50. The zero-order chi connectivity index (χ0) is 12.0. The van der Waals surface area contributed by atoms with Crippen LogP contribution < -0.4 is 5.32 Å². The van der Waals surface area contributed by atoms with Gasteiger partial charge in [-0.3, -0.25) is 0 Å². The van der Waals surface area contributed by atoms with Crippen molar-refractivity contribution < 1.29 is 0 Å². The van der Waals surface area contributed by atoms with Crippen molar-refractivity contribution in [3.63, 3.8) is 0 Å². The van der Waals surface area contributed by atoms with Crippen molar-refractivity contribution >= 4 is 13.8 Å². The molecule has 0 radical (unpaired) electrons. The van der Waals surface area contributed by atoms with Crippen LogP contribution in [0.5, 0.6) is 0 Å². The molecule has 0 aliphatic carbocycles. The highest BCUT2D eigenvalue weighted by molar-refractivity contribution is 6.82. The lowest BCUT2D eigenvalue weighted by Gasteiger charge is -2.17. The van der Waals surface area contributed by atoms with Crippen LogP contribution in [0.1, 0.15) is 12.0 Å². The number of aryl methyl sites for hydroxylation is 1. The molecule has 88 valence electrons. The van der Waals surface area contributed by atoms with Crippen molar-refractivity contribution in [1.29, 1.82) is 0 Å². The minimum absolute atomic E-state index is 1.06. The summed E-state index contributed by atoms with van der Waals surface area (Å²) in [4.78, 5) is 0. The lowest BCUT2D eigenvalue weighted by molar-refractivity contribution is 0.956. The van der Waals surface area contributed by atoms with E-state index in [1.807, 2.05) is 0 Å². The van der Waals surface area contributed by atoms with E-state index in [1.54, 1.807) is 0 Å². The molecule has 0 spiro atoms. The van der Waals surface area contributed by atoms with Crippen LogP contribution in [0.2, 0.25) is 19.1 Å². The molecule has 0 aliphatic rings. The summed E-state index contributed by atoms with van der Waals surface area (Å²) in [6.07, 6.45) is 1.24. The van der Waals surface area contributed by atoms with Crippen molar-refractivity contribution in [1.82, 2.24) is 0 Å². The largest absolute Gasteiger partial charge is 0.385 e. The van der Waals surface area contributed by atoms with E-state index in [0.717, 1.165) is 6.54 Å². The van der Waals surface area contributed by atoms with E-state index in [2.05, 4.69) is 61.9 Å². The molecule has 2 heteroatoms. The highest BCUT2D eigenvalue weighted by Crippen LogP contribution is 2.15. The Morgan fingerprint density at radius 2 is 2.00 bits per heavy atom. The van der Waals surface area contributed by atoms with Crippen molar-refractivity contribution in [3.8, 4) is 0 Å². The van der Waals surface area contributed by atoms with Crippen LogP contribution in [0.25, 0.3) is 0 Å². The van der Waals surface area contributed by atoms with Gasteiger partial charge in [0.2, 0.25) is 0 Å². The Morgan fingerprint density at radius 3 is 2.62 bits per heavy atom. The second-order valence-electron chi connectivity index (χ2n) is 5.04. The van der Waals surface area contributed by atoms with Gasteiger partial charge >= 0.3 is 0 Å². The fraction of sp³-hybridized carbons (Fsp3) is 0.429. The highest BCUT2D eigenvalue weighted by atomic mass is 28.3. The molecular formula is C14H23NSi. The molecule has 1 N–H and O–H groups in total. The zero-order valence-electron chi connectivity index (χ0n) is 10.7. The fourth-order valence-corrected chi connectivity index (χ4v) is 2.93. The molecule has 0 saturated carbocycles. The Bertz CT molecular complexity index is 344. The summed E-state index contributed by atoms with van der Waals surface area (Å²) in [6.45, 7) is 11.9. The van der Waals surface area contributed by atoms with E-state index >= 15 is 0 Å². The first-order valence-corrected chi connectivity index (χ1v) is 9.27. The molecule has 1 aromatic carbocycles. The maximum absolute atomic E-state index is 3.92. The molecule has 1 aromatic rings. The minimum Gasteiger partial charge on any atom is -0.385 e. The highest BCUT2D eigenvalue weighted by Gasteiger charge is 2.14. The Hall–Kier alpha value is -1.02. The van der Waals surface area contributed by atoms with E-state index in [0.29, 0.717) is 0 Å². The molecule has 0 heterocycles. The zero-order valence-corrected chi connectivity index (χ0v) is 11.7.